The van der Waals surface area contributed by atoms with Crippen molar-refractivity contribution in [2.24, 2.45) is 5.92 Å². The molecule has 2 aromatic heterocycles. The number of nitrogens with one attached hydrogen (secondary N) is 2. The molecule has 25 heavy (non-hydrogen) atoms. The zero-order chi connectivity index (χ0) is 18.0. The third-order valence-electron chi connectivity index (χ3n) is 4.71. The number of H-pyrrole nitrogens is 1. The van der Waals surface area contributed by atoms with Crippen LogP contribution < -0.4 is 10.9 Å². The Bertz CT molecular complexity index is 828. The smallest absolute Gasteiger partial charge is 0.259 e. The van der Waals surface area contributed by atoms with Crippen molar-refractivity contribution in [2.75, 3.05) is 5.75 Å². The maximum absolute atomic E-state index is 12.5. The number of fused-ring (bicyclic) bond motifs is 3. The van der Waals surface area contributed by atoms with Crippen LogP contribution in [0.3, 0.4) is 0 Å². The van der Waals surface area contributed by atoms with E-state index in [-0.39, 0.29) is 17.5 Å². The molecule has 0 saturated heterocycles. The van der Waals surface area contributed by atoms with Crippen molar-refractivity contribution < 1.29 is 4.79 Å². The van der Waals surface area contributed by atoms with E-state index in [9.17, 15) is 9.59 Å². The summed E-state index contributed by atoms with van der Waals surface area (Å²) in [5.41, 5.74) is 1.18. The van der Waals surface area contributed by atoms with Gasteiger partial charge in [-0.25, -0.2) is 4.98 Å². The average Bonchev–Trinajstić information content (AvgIpc) is 2.92. The molecule has 2 heterocycles. The average molecular weight is 380 g/mol. The van der Waals surface area contributed by atoms with Gasteiger partial charge in [-0.2, -0.15) is 0 Å². The van der Waals surface area contributed by atoms with Gasteiger partial charge < -0.3 is 10.3 Å². The molecule has 136 valence electrons. The minimum atomic E-state index is -0.0308. The fraction of sp³-hybridized carbons (Fsp3) is 0.611. The number of carbonyl (C=O) groups excluding carboxylic acids is 1. The lowest BCUT2D eigenvalue weighted by atomic mass is 9.89. The summed E-state index contributed by atoms with van der Waals surface area (Å²) < 4.78 is 0. The Balaban J connectivity index is 1.69. The molecule has 2 N–H and O–H groups in total. The van der Waals surface area contributed by atoms with Gasteiger partial charge in [0.05, 0.1) is 16.9 Å². The van der Waals surface area contributed by atoms with Gasteiger partial charge in [0.25, 0.3) is 5.56 Å². The summed E-state index contributed by atoms with van der Waals surface area (Å²) in [6.07, 6.45) is 4.09. The lowest BCUT2D eigenvalue weighted by Gasteiger charge is -2.17. The SMILES string of the molecule is CC[C@H](C)NC(=O)CSCc1nc2sc3c(c2c(=O)[nH]1)CC[C@H](C)C3. The molecule has 0 aromatic carbocycles. The minimum Gasteiger partial charge on any atom is -0.353 e. The van der Waals surface area contributed by atoms with Crippen molar-refractivity contribution in [3.8, 4) is 0 Å². The van der Waals surface area contributed by atoms with E-state index in [4.69, 9.17) is 0 Å². The fourth-order valence-corrected chi connectivity index (χ4v) is 5.22. The molecule has 0 spiro atoms. The molecule has 0 fully saturated rings. The molecule has 0 aliphatic heterocycles. The first-order valence-corrected chi connectivity index (χ1v) is 10.9. The molecule has 0 bridgehead atoms. The Morgan fingerprint density at radius 3 is 3.08 bits per heavy atom. The summed E-state index contributed by atoms with van der Waals surface area (Å²) in [6, 6.07) is 0.196. The number of aromatic amines is 1. The summed E-state index contributed by atoms with van der Waals surface area (Å²) in [6.45, 7) is 6.30. The van der Waals surface area contributed by atoms with Gasteiger partial charge in [-0.05, 0) is 44.1 Å². The summed E-state index contributed by atoms with van der Waals surface area (Å²) in [5.74, 6) is 2.29. The molecular formula is C18H25N3O2S2. The van der Waals surface area contributed by atoms with Gasteiger partial charge in [-0.1, -0.05) is 13.8 Å². The summed E-state index contributed by atoms with van der Waals surface area (Å²) in [5, 5.41) is 3.73. The lowest BCUT2D eigenvalue weighted by molar-refractivity contribution is -0.119. The fourth-order valence-electron chi connectivity index (χ4n) is 3.12. The zero-order valence-corrected chi connectivity index (χ0v) is 16.6. The molecular weight excluding hydrogens is 354 g/mol. The highest BCUT2D eigenvalue weighted by Gasteiger charge is 2.23. The van der Waals surface area contributed by atoms with Crippen LogP contribution in [0, 0.1) is 5.92 Å². The topological polar surface area (TPSA) is 74.8 Å². The second kappa shape index (κ2) is 7.91. The van der Waals surface area contributed by atoms with E-state index >= 15 is 0 Å². The first-order valence-electron chi connectivity index (χ1n) is 8.88. The quantitative estimate of drug-likeness (QED) is 0.808. The second-order valence-electron chi connectivity index (χ2n) is 6.91. The molecule has 0 unspecified atom stereocenters. The van der Waals surface area contributed by atoms with E-state index in [0.717, 1.165) is 35.9 Å². The number of aryl methyl sites for hydroxylation is 1. The van der Waals surface area contributed by atoms with Crippen LogP contribution in [0.25, 0.3) is 10.2 Å². The Kier molecular flexibility index (Phi) is 5.84. The number of rotatable bonds is 6. The summed E-state index contributed by atoms with van der Waals surface area (Å²) in [4.78, 5) is 34.1. The van der Waals surface area contributed by atoms with Gasteiger partial charge in [0.1, 0.15) is 10.7 Å². The van der Waals surface area contributed by atoms with Gasteiger partial charge in [0.15, 0.2) is 0 Å². The number of hydrogen-bond acceptors (Lipinski definition) is 5. The monoisotopic (exact) mass is 379 g/mol. The van der Waals surface area contributed by atoms with Crippen molar-refractivity contribution in [2.45, 2.75) is 58.2 Å². The Labute approximate surface area is 156 Å². The number of thioether (sulfide) groups is 1. The lowest BCUT2D eigenvalue weighted by Crippen LogP contribution is -2.33. The first kappa shape index (κ1) is 18.5. The minimum absolute atomic E-state index is 0.0308. The van der Waals surface area contributed by atoms with E-state index in [2.05, 4.69) is 22.2 Å². The Morgan fingerprint density at radius 2 is 2.32 bits per heavy atom. The largest absolute Gasteiger partial charge is 0.353 e. The van der Waals surface area contributed by atoms with E-state index in [1.165, 1.54) is 22.2 Å². The van der Waals surface area contributed by atoms with E-state index in [1.807, 2.05) is 13.8 Å². The number of hydrogen-bond donors (Lipinski definition) is 2. The summed E-state index contributed by atoms with van der Waals surface area (Å²) in [7, 11) is 0. The highest BCUT2D eigenvalue weighted by atomic mass is 32.2. The molecule has 3 rings (SSSR count). The predicted molar refractivity (Wildman–Crippen MR) is 105 cm³/mol. The molecule has 2 aromatic rings. The number of aromatic nitrogens is 2. The molecule has 1 aliphatic carbocycles. The summed E-state index contributed by atoms with van der Waals surface area (Å²) >= 11 is 3.14. The molecule has 0 saturated carbocycles. The number of nitrogens with zero attached hydrogens (tertiary/aromatic N) is 1. The highest BCUT2D eigenvalue weighted by Crippen LogP contribution is 2.35. The first-order chi connectivity index (χ1) is 12.0. The van der Waals surface area contributed by atoms with Gasteiger partial charge in [0, 0.05) is 10.9 Å². The van der Waals surface area contributed by atoms with Crippen LogP contribution in [0.1, 0.15) is 49.9 Å². The van der Waals surface area contributed by atoms with Crippen LogP contribution in [0.4, 0.5) is 0 Å². The number of thiophene rings is 1. The molecule has 5 nitrogen and oxygen atoms in total. The van der Waals surface area contributed by atoms with Crippen molar-refractivity contribution >= 4 is 39.2 Å². The van der Waals surface area contributed by atoms with Gasteiger partial charge in [-0.15, -0.1) is 23.1 Å². The standard InChI is InChI=1S/C18H25N3O2S2/c1-4-11(3)19-15(22)9-24-8-14-20-17(23)16-12-6-5-10(2)7-13(12)25-18(16)21-14/h10-11H,4-9H2,1-3H3,(H,19,22)(H,20,21,23)/t10-,11-/m0/s1. The van der Waals surface area contributed by atoms with Crippen molar-refractivity contribution in [3.63, 3.8) is 0 Å². The molecule has 1 amide bonds. The van der Waals surface area contributed by atoms with Crippen LogP contribution in [0.15, 0.2) is 4.79 Å². The third-order valence-corrected chi connectivity index (χ3v) is 6.80. The second-order valence-corrected chi connectivity index (χ2v) is 8.98. The normalized spacial score (nSPS) is 18.1. The molecule has 2 atom stereocenters. The Hall–Kier alpha value is -1.34. The Morgan fingerprint density at radius 1 is 1.52 bits per heavy atom. The number of carbonyl (C=O) groups is 1. The third kappa shape index (κ3) is 4.26. The number of amides is 1. The van der Waals surface area contributed by atoms with Gasteiger partial charge in [0.2, 0.25) is 5.91 Å². The molecule has 0 radical (unpaired) electrons. The van der Waals surface area contributed by atoms with Crippen LogP contribution in [-0.4, -0.2) is 27.7 Å². The van der Waals surface area contributed by atoms with Crippen LogP contribution in [-0.2, 0) is 23.4 Å². The van der Waals surface area contributed by atoms with Crippen molar-refractivity contribution in [3.05, 3.63) is 26.6 Å². The van der Waals surface area contributed by atoms with E-state index < -0.39 is 0 Å². The van der Waals surface area contributed by atoms with Crippen molar-refractivity contribution in [1.82, 2.24) is 15.3 Å². The molecule has 1 aliphatic rings. The van der Waals surface area contributed by atoms with E-state index in [0.29, 0.717) is 23.2 Å². The van der Waals surface area contributed by atoms with Gasteiger partial charge >= 0.3 is 0 Å². The van der Waals surface area contributed by atoms with Crippen LogP contribution >= 0.6 is 23.1 Å². The predicted octanol–water partition coefficient (Wildman–Crippen LogP) is 3.26. The maximum Gasteiger partial charge on any atom is 0.259 e. The molecule has 7 heteroatoms. The van der Waals surface area contributed by atoms with Crippen LogP contribution in [0.5, 0.6) is 0 Å². The van der Waals surface area contributed by atoms with Crippen molar-refractivity contribution in [1.29, 1.82) is 0 Å². The van der Waals surface area contributed by atoms with Gasteiger partial charge in [-0.3, -0.25) is 9.59 Å². The maximum atomic E-state index is 12.5. The van der Waals surface area contributed by atoms with E-state index in [1.54, 1.807) is 11.3 Å². The highest BCUT2D eigenvalue weighted by molar-refractivity contribution is 7.99. The zero-order valence-electron chi connectivity index (χ0n) is 15.0. The van der Waals surface area contributed by atoms with Crippen LogP contribution in [0.2, 0.25) is 0 Å².